The highest BCUT2D eigenvalue weighted by Gasteiger charge is 2.27. The normalized spacial score (nSPS) is 13.3. The number of hydrogen-bond donors (Lipinski definition) is 3. The third-order valence-electron chi connectivity index (χ3n) is 12.4. The monoisotopic (exact) mass is 1010 g/mol. The SMILES string of the molecule is Cc1cc(C(=O)N2CCC(COC(=O)NCCOCCOCCOCCOCCOCCn3cc(CCCCCCCCC(=O)N[C@@H](CO)CC(=O)c4ccccc4)nn3)CC2)c(C)n1-c1ccc(F)cc1. The van der Waals surface area contributed by atoms with Crippen LogP contribution in [0.1, 0.15) is 102 Å². The minimum Gasteiger partial charge on any atom is -0.449 e. The molecule has 4 aromatic rings. The third kappa shape index (κ3) is 21.3. The van der Waals surface area contributed by atoms with Crippen LogP contribution in [0.4, 0.5) is 9.18 Å². The number of nitrogens with zero attached hydrogens (tertiary/aromatic N) is 5. The highest BCUT2D eigenvalue weighted by atomic mass is 19.1. The number of carbonyl (C=O) groups is 4. The highest BCUT2D eigenvalue weighted by molar-refractivity contribution is 5.97. The number of aliphatic hydroxyl groups excluding tert-OH is 1. The predicted octanol–water partition coefficient (Wildman–Crippen LogP) is 6.21. The predicted molar refractivity (Wildman–Crippen MR) is 268 cm³/mol. The quantitative estimate of drug-likeness (QED) is 0.0343. The number of ketones is 1. The van der Waals surface area contributed by atoms with Crippen molar-refractivity contribution >= 4 is 23.7 Å². The molecule has 1 fully saturated rings. The Balaban J connectivity index is 0.735. The van der Waals surface area contributed by atoms with E-state index in [2.05, 4.69) is 20.9 Å². The fourth-order valence-electron chi connectivity index (χ4n) is 8.34. The van der Waals surface area contributed by atoms with Crippen molar-refractivity contribution in [3.63, 3.8) is 0 Å². The molecule has 0 bridgehead atoms. The molecule has 396 valence electrons. The standard InChI is InChI=1S/C53H76FN7O11/c1-41-36-49(42(2)61(41)48-18-16-45(54)17-19-48)52(65)59-23-20-43(21-24-59)40-72-53(66)55-22-26-67-28-30-69-32-34-71-35-33-70-31-29-68-27-25-60-38-46(57-58-60)14-10-5-3-4-6-11-15-51(64)56-47(39-62)37-50(63)44-12-8-7-9-13-44/h7-9,12-13,16-19,36,38,43,47,62H,3-6,10-11,14-15,20-35,37,39-40H2,1-2H3,(H,55,66)(H,56,64)/t47-/m1/s1. The van der Waals surface area contributed by atoms with Crippen molar-refractivity contribution in [1.29, 1.82) is 0 Å². The van der Waals surface area contributed by atoms with Gasteiger partial charge in [0.25, 0.3) is 5.91 Å². The second kappa shape index (κ2) is 33.2. The summed E-state index contributed by atoms with van der Waals surface area (Å²) in [4.78, 5) is 52.2. The number of amides is 3. The lowest BCUT2D eigenvalue weighted by Crippen LogP contribution is -2.40. The smallest absolute Gasteiger partial charge is 0.407 e. The molecule has 19 heteroatoms. The second-order valence-electron chi connectivity index (χ2n) is 18.0. The Morgan fingerprint density at radius 2 is 1.39 bits per heavy atom. The van der Waals surface area contributed by atoms with Crippen LogP contribution in [0.2, 0.25) is 0 Å². The Morgan fingerprint density at radius 1 is 0.778 bits per heavy atom. The van der Waals surface area contributed by atoms with Gasteiger partial charge in [0.2, 0.25) is 5.91 Å². The lowest BCUT2D eigenvalue weighted by molar-refractivity contribution is -0.122. The molecule has 1 saturated heterocycles. The Bertz CT molecular complexity index is 2180. The molecule has 2 aromatic carbocycles. The number of likely N-dealkylation sites (tertiary alicyclic amines) is 1. The number of ether oxygens (including phenoxy) is 6. The number of carbonyl (C=O) groups excluding carboxylic acids is 4. The first-order valence-electron chi connectivity index (χ1n) is 25.5. The van der Waals surface area contributed by atoms with E-state index in [4.69, 9.17) is 28.4 Å². The van der Waals surface area contributed by atoms with Crippen LogP contribution in [0, 0.1) is 25.6 Å². The largest absolute Gasteiger partial charge is 0.449 e. The molecule has 3 N–H and O–H groups in total. The molecule has 18 nitrogen and oxygen atoms in total. The first-order chi connectivity index (χ1) is 35.1. The van der Waals surface area contributed by atoms with Gasteiger partial charge in [0.1, 0.15) is 5.82 Å². The molecule has 0 spiro atoms. The van der Waals surface area contributed by atoms with Gasteiger partial charge in [-0.15, -0.1) is 5.10 Å². The maximum absolute atomic E-state index is 13.5. The molecule has 0 aliphatic carbocycles. The third-order valence-corrected chi connectivity index (χ3v) is 12.4. The van der Waals surface area contributed by atoms with E-state index < -0.39 is 12.1 Å². The van der Waals surface area contributed by atoms with E-state index in [-0.39, 0.29) is 49.0 Å². The summed E-state index contributed by atoms with van der Waals surface area (Å²) in [6.07, 6.45) is 10.2. The Morgan fingerprint density at radius 3 is 2.04 bits per heavy atom. The lowest BCUT2D eigenvalue weighted by Gasteiger charge is -2.31. The first-order valence-corrected chi connectivity index (χ1v) is 25.5. The van der Waals surface area contributed by atoms with Gasteiger partial charge in [0, 0.05) is 61.3 Å². The van der Waals surface area contributed by atoms with Gasteiger partial charge in [-0.3, -0.25) is 14.4 Å². The average Bonchev–Trinajstić information content (AvgIpc) is 3.97. The maximum Gasteiger partial charge on any atom is 0.407 e. The summed E-state index contributed by atoms with van der Waals surface area (Å²) < 4.78 is 50.5. The van der Waals surface area contributed by atoms with Gasteiger partial charge < -0.3 is 53.6 Å². The van der Waals surface area contributed by atoms with Gasteiger partial charge in [-0.1, -0.05) is 61.2 Å². The number of aryl methyl sites for hydroxylation is 2. The number of piperidine rings is 1. The molecule has 5 rings (SSSR count). The molecule has 0 unspecified atom stereocenters. The first kappa shape index (κ1) is 57.3. The van der Waals surface area contributed by atoms with E-state index >= 15 is 0 Å². The number of hydrogen-bond acceptors (Lipinski definition) is 13. The number of benzene rings is 2. The van der Waals surface area contributed by atoms with Crippen LogP contribution >= 0.6 is 0 Å². The number of aromatic nitrogens is 4. The van der Waals surface area contributed by atoms with Crippen molar-refractivity contribution in [3.05, 3.63) is 101 Å². The summed E-state index contributed by atoms with van der Waals surface area (Å²) in [5.41, 5.74) is 4.70. The fourth-order valence-corrected chi connectivity index (χ4v) is 8.34. The van der Waals surface area contributed by atoms with Crippen molar-refractivity contribution < 1.29 is 57.1 Å². The number of alkyl carbamates (subject to hydrolysis) is 1. The van der Waals surface area contributed by atoms with Gasteiger partial charge in [0.15, 0.2) is 5.78 Å². The Hall–Kier alpha value is -5.57. The van der Waals surface area contributed by atoms with Crippen LogP contribution < -0.4 is 10.6 Å². The Kier molecular flexibility index (Phi) is 26.4. The molecular weight excluding hydrogens is 930 g/mol. The van der Waals surface area contributed by atoms with Gasteiger partial charge in [-0.05, 0) is 82.2 Å². The van der Waals surface area contributed by atoms with Crippen molar-refractivity contribution in [2.24, 2.45) is 5.92 Å². The van der Waals surface area contributed by atoms with Crippen LogP contribution in [0.3, 0.4) is 0 Å². The topological polar surface area (TPSA) is 207 Å². The van der Waals surface area contributed by atoms with Gasteiger partial charge in [-0.25, -0.2) is 13.9 Å². The lowest BCUT2D eigenvalue weighted by atomic mass is 9.97. The molecule has 0 saturated carbocycles. The molecule has 1 aliphatic rings. The van der Waals surface area contributed by atoms with Crippen LogP contribution in [0.5, 0.6) is 0 Å². The van der Waals surface area contributed by atoms with Crippen molar-refractivity contribution in [2.75, 3.05) is 98.9 Å². The number of Topliss-reactive ketones (excluding diaryl/α,β-unsaturated/α-hetero) is 1. The Labute approximate surface area is 423 Å². The number of halogens is 1. The molecule has 0 radical (unpaired) electrons. The van der Waals surface area contributed by atoms with Crippen molar-refractivity contribution in [3.8, 4) is 5.69 Å². The van der Waals surface area contributed by atoms with E-state index in [0.29, 0.717) is 110 Å². The molecule has 2 aromatic heterocycles. The van der Waals surface area contributed by atoms with Crippen LogP contribution in [-0.4, -0.2) is 158 Å². The zero-order valence-corrected chi connectivity index (χ0v) is 42.2. The molecular formula is C53H76FN7O11. The summed E-state index contributed by atoms with van der Waals surface area (Å²) in [5.74, 6) is -0.400. The second-order valence-corrected chi connectivity index (χ2v) is 18.0. The minimum atomic E-state index is -0.575. The van der Waals surface area contributed by atoms with Crippen molar-refractivity contribution in [1.82, 2.24) is 35.1 Å². The molecule has 3 heterocycles. The van der Waals surface area contributed by atoms with Crippen LogP contribution in [0.15, 0.2) is 66.9 Å². The fraction of sp³-hybridized carbons (Fsp3) is 0.585. The van der Waals surface area contributed by atoms with E-state index in [1.54, 1.807) is 41.1 Å². The molecule has 72 heavy (non-hydrogen) atoms. The van der Waals surface area contributed by atoms with Gasteiger partial charge >= 0.3 is 6.09 Å². The molecule has 1 aliphatic heterocycles. The van der Waals surface area contributed by atoms with E-state index in [0.717, 1.165) is 80.6 Å². The van der Waals surface area contributed by atoms with E-state index in [9.17, 15) is 28.7 Å². The number of aliphatic hydroxyl groups is 1. The summed E-state index contributed by atoms with van der Waals surface area (Å²) >= 11 is 0. The van der Waals surface area contributed by atoms with Gasteiger partial charge in [-0.2, -0.15) is 0 Å². The van der Waals surface area contributed by atoms with Gasteiger partial charge in [0.05, 0.1) is 103 Å². The average molecular weight is 1010 g/mol. The molecule has 3 amide bonds. The van der Waals surface area contributed by atoms with E-state index in [1.165, 1.54) is 12.1 Å². The zero-order chi connectivity index (χ0) is 51.2. The zero-order valence-electron chi connectivity index (χ0n) is 42.2. The minimum absolute atomic E-state index is 0.0286. The summed E-state index contributed by atoms with van der Waals surface area (Å²) in [7, 11) is 0. The van der Waals surface area contributed by atoms with Crippen LogP contribution in [0.25, 0.3) is 5.69 Å². The molecule has 1 atom stereocenters. The summed E-state index contributed by atoms with van der Waals surface area (Å²) in [6, 6.07) is 16.4. The maximum atomic E-state index is 13.5. The number of nitrogens with one attached hydrogen (secondary N) is 2. The van der Waals surface area contributed by atoms with Crippen LogP contribution in [-0.2, 0) is 46.2 Å². The number of rotatable bonds is 36. The summed E-state index contributed by atoms with van der Waals surface area (Å²) in [6.45, 7) is 10.3. The summed E-state index contributed by atoms with van der Waals surface area (Å²) in [5, 5.41) is 23.6. The van der Waals surface area contributed by atoms with Crippen molar-refractivity contribution in [2.45, 2.75) is 97.1 Å². The highest BCUT2D eigenvalue weighted by Crippen LogP contribution is 2.25. The van der Waals surface area contributed by atoms with E-state index in [1.807, 2.05) is 41.6 Å². The number of unbranched alkanes of at least 4 members (excludes halogenated alkanes) is 5.